The first-order valence-electron chi connectivity index (χ1n) is 9.94. The van der Waals surface area contributed by atoms with Gasteiger partial charge >= 0.3 is 0 Å². The summed E-state index contributed by atoms with van der Waals surface area (Å²) >= 11 is 9.22. The second-order valence-electron chi connectivity index (χ2n) is 7.47. The molecule has 0 unspecified atom stereocenters. The molecule has 5 rings (SSSR count). The Morgan fingerprint density at radius 3 is 2.81 bits per heavy atom. The number of ether oxygens (including phenoxy) is 1. The van der Waals surface area contributed by atoms with E-state index in [0.29, 0.717) is 10.8 Å². The van der Waals surface area contributed by atoms with Gasteiger partial charge in [-0.2, -0.15) is 0 Å². The highest BCUT2D eigenvalue weighted by Crippen LogP contribution is 2.45. The number of carbonyl (C=O) groups is 1. The van der Waals surface area contributed by atoms with E-state index in [1.54, 1.807) is 46.9 Å². The number of benzene rings is 2. The van der Waals surface area contributed by atoms with Gasteiger partial charge in [0.1, 0.15) is 15.8 Å². The fraction of sp³-hybridized carbons (Fsp3) is 0.217. The second-order valence-corrected chi connectivity index (χ2v) is 10.0. The third-order valence-electron chi connectivity index (χ3n) is 5.19. The normalized spacial score (nSPS) is 13.9. The van der Waals surface area contributed by atoms with Crippen molar-refractivity contribution < 1.29 is 9.53 Å². The van der Waals surface area contributed by atoms with Crippen LogP contribution in [0.5, 0.6) is 5.75 Å². The number of anilines is 1. The van der Waals surface area contributed by atoms with Crippen LogP contribution in [0, 0.1) is 0 Å². The molecule has 1 aliphatic heterocycles. The number of fused-ring (bicyclic) bond motifs is 2. The topological polar surface area (TPSA) is 54.5 Å². The highest BCUT2D eigenvalue weighted by Gasteiger charge is 2.26. The molecular formula is C23H20ClN3O2S2. The Kier molecular flexibility index (Phi) is 5.67. The lowest BCUT2D eigenvalue weighted by atomic mass is 10.0. The van der Waals surface area contributed by atoms with Crippen molar-refractivity contribution in [2.45, 2.75) is 13.0 Å². The molecule has 0 radical (unpaired) electrons. The van der Waals surface area contributed by atoms with Crippen LogP contribution in [-0.4, -0.2) is 36.0 Å². The summed E-state index contributed by atoms with van der Waals surface area (Å²) in [5.41, 5.74) is 3.35. The SMILES string of the molecule is CN1CCc2c(sc(NC(=O)COc3ccc(Cl)cc3)c2-c2nc3ccccc3s2)C1. The fourth-order valence-electron chi connectivity index (χ4n) is 3.67. The van der Waals surface area contributed by atoms with Crippen LogP contribution in [0.2, 0.25) is 5.02 Å². The predicted octanol–water partition coefficient (Wildman–Crippen LogP) is 5.68. The van der Waals surface area contributed by atoms with Crippen molar-refractivity contribution in [2.24, 2.45) is 0 Å². The smallest absolute Gasteiger partial charge is 0.262 e. The number of nitrogens with zero attached hydrogens (tertiary/aromatic N) is 2. The number of hydrogen-bond acceptors (Lipinski definition) is 6. The highest BCUT2D eigenvalue weighted by atomic mass is 35.5. The quantitative estimate of drug-likeness (QED) is 0.408. The molecule has 0 fully saturated rings. The molecule has 3 heterocycles. The highest BCUT2D eigenvalue weighted by molar-refractivity contribution is 7.22. The van der Waals surface area contributed by atoms with Crippen LogP contribution in [0.3, 0.4) is 0 Å². The van der Waals surface area contributed by atoms with Crippen LogP contribution < -0.4 is 10.1 Å². The van der Waals surface area contributed by atoms with Gasteiger partial charge in [-0.15, -0.1) is 22.7 Å². The summed E-state index contributed by atoms with van der Waals surface area (Å²) in [6.45, 7) is 1.81. The Hall–Kier alpha value is -2.45. The van der Waals surface area contributed by atoms with Gasteiger partial charge in [0.15, 0.2) is 6.61 Å². The molecule has 1 amide bonds. The molecule has 0 saturated heterocycles. The molecular weight excluding hydrogens is 450 g/mol. The number of hydrogen-bond donors (Lipinski definition) is 1. The van der Waals surface area contributed by atoms with Crippen LogP contribution in [0.15, 0.2) is 48.5 Å². The van der Waals surface area contributed by atoms with Gasteiger partial charge in [-0.25, -0.2) is 4.98 Å². The van der Waals surface area contributed by atoms with Gasteiger partial charge in [-0.3, -0.25) is 4.79 Å². The molecule has 0 bridgehead atoms. The third kappa shape index (κ3) is 4.32. The maximum atomic E-state index is 12.7. The Morgan fingerprint density at radius 2 is 2.00 bits per heavy atom. The van der Waals surface area contributed by atoms with Gasteiger partial charge in [0, 0.05) is 28.6 Å². The summed E-state index contributed by atoms with van der Waals surface area (Å²) in [4.78, 5) is 21.2. The number of thiophene rings is 1. The van der Waals surface area contributed by atoms with E-state index in [9.17, 15) is 4.79 Å². The van der Waals surface area contributed by atoms with E-state index in [2.05, 4.69) is 23.3 Å². The summed E-state index contributed by atoms with van der Waals surface area (Å²) in [7, 11) is 2.12. The van der Waals surface area contributed by atoms with E-state index in [1.807, 2.05) is 18.2 Å². The summed E-state index contributed by atoms with van der Waals surface area (Å²) in [5, 5.41) is 5.52. The largest absolute Gasteiger partial charge is 0.484 e. The van der Waals surface area contributed by atoms with E-state index in [4.69, 9.17) is 21.3 Å². The van der Waals surface area contributed by atoms with Crippen molar-refractivity contribution in [1.82, 2.24) is 9.88 Å². The van der Waals surface area contributed by atoms with Crippen molar-refractivity contribution in [1.29, 1.82) is 0 Å². The lowest BCUT2D eigenvalue weighted by Crippen LogP contribution is -2.25. The first-order chi connectivity index (χ1) is 15.1. The van der Waals surface area contributed by atoms with E-state index >= 15 is 0 Å². The fourth-order valence-corrected chi connectivity index (χ4v) is 6.25. The van der Waals surface area contributed by atoms with Crippen molar-refractivity contribution in [3.63, 3.8) is 0 Å². The lowest BCUT2D eigenvalue weighted by molar-refractivity contribution is -0.118. The molecule has 0 spiro atoms. The van der Waals surface area contributed by atoms with E-state index in [1.165, 1.54) is 10.4 Å². The number of halogens is 1. The van der Waals surface area contributed by atoms with Crippen LogP contribution in [0.1, 0.15) is 10.4 Å². The Labute approximate surface area is 193 Å². The molecule has 158 valence electrons. The Balaban J connectivity index is 1.43. The zero-order valence-electron chi connectivity index (χ0n) is 16.9. The number of amides is 1. The maximum absolute atomic E-state index is 12.7. The molecule has 4 aromatic rings. The summed E-state index contributed by atoms with van der Waals surface area (Å²) in [6, 6.07) is 15.1. The molecule has 0 aliphatic carbocycles. The number of nitrogens with one attached hydrogen (secondary N) is 1. The van der Waals surface area contributed by atoms with Gasteiger partial charge in [-0.05, 0) is 55.4 Å². The first-order valence-corrected chi connectivity index (χ1v) is 11.9. The average molecular weight is 470 g/mol. The molecule has 2 aromatic heterocycles. The van der Waals surface area contributed by atoms with Gasteiger partial charge < -0.3 is 15.0 Å². The summed E-state index contributed by atoms with van der Waals surface area (Å²) in [5.74, 6) is 0.419. The van der Waals surface area contributed by atoms with Crippen molar-refractivity contribution >= 4 is 55.4 Å². The maximum Gasteiger partial charge on any atom is 0.262 e. The zero-order valence-corrected chi connectivity index (χ0v) is 19.2. The molecule has 1 N–H and O–H groups in total. The van der Waals surface area contributed by atoms with Gasteiger partial charge in [-0.1, -0.05) is 23.7 Å². The molecule has 8 heteroatoms. The van der Waals surface area contributed by atoms with Gasteiger partial charge in [0.25, 0.3) is 5.91 Å². The molecule has 0 saturated carbocycles. The van der Waals surface area contributed by atoms with Crippen molar-refractivity contribution in [3.8, 4) is 16.3 Å². The summed E-state index contributed by atoms with van der Waals surface area (Å²) < 4.78 is 6.77. The lowest BCUT2D eigenvalue weighted by Gasteiger charge is -2.22. The third-order valence-corrected chi connectivity index (χ3v) is 7.63. The van der Waals surface area contributed by atoms with Crippen LogP contribution >= 0.6 is 34.3 Å². The molecule has 5 nitrogen and oxygen atoms in total. The van der Waals surface area contributed by atoms with E-state index in [-0.39, 0.29) is 12.5 Å². The first kappa shape index (κ1) is 20.5. The van der Waals surface area contributed by atoms with Crippen molar-refractivity contribution in [2.75, 3.05) is 25.5 Å². The minimum Gasteiger partial charge on any atom is -0.484 e. The Bertz CT molecular complexity index is 1220. The molecule has 2 aromatic carbocycles. The van der Waals surface area contributed by atoms with Gasteiger partial charge in [0.05, 0.1) is 10.2 Å². The second kappa shape index (κ2) is 8.59. The predicted molar refractivity (Wildman–Crippen MR) is 129 cm³/mol. The molecule has 1 aliphatic rings. The number of rotatable bonds is 5. The molecule has 31 heavy (non-hydrogen) atoms. The number of likely N-dealkylation sites (N-methyl/N-ethyl adjacent to an activating group) is 1. The van der Waals surface area contributed by atoms with E-state index in [0.717, 1.165) is 45.3 Å². The average Bonchev–Trinajstić information content (AvgIpc) is 3.33. The van der Waals surface area contributed by atoms with Gasteiger partial charge in [0.2, 0.25) is 0 Å². The number of para-hydroxylation sites is 1. The zero-order chi connectivity index (χ0) is 21.4. The Morgan fingerprint density at radius 1 is 1.19 bits per heavy atom. The minimum absolute atomic E-state index is 0.0661. The van der Waals surface area contributed by atoms with Crippen molar-refractivity contribution in [3.05, 3.63) is 64.0 Å². The molecule has 0 atom stereocenters. The number of carbonyl (C=O) groups excluding carboxylic acids is 1. The monoisotopic (exact) mass is 469 g/mol. The van der Waals surface area contributed by atoms with E-state index < -0.39 is 0 Å². The number of aromatic nitrogens is 1. The number of thiazole rings is 1. The summed E-state index contributed by atoms with van der Waals surface area (Å²) in [6.07, 6.45) is 0.949. The van der Waals surface area contributed by atoms with Crippen LogP contribution in [0.25, 0.3) is 20.8 Å². The van der Waals surface area contributed by atoms with Crippen LogP contribution in [0.4, 0.5) is 5.00 Å². The standard InChI is InChI=1S/C23H20ClN3O2S2/c1-27-11-10-16-19(12-27)31-23(21(16)22-25-17-4-2-3-5-18(17)30-22)26-20(28)13-29-15-8-6-14(24)7-9-15/h2-9H,10-13H2,1H3,(H,26,28). The minimum atomic E-state index is -0.190. The van der Waals surface area contributed by atoms with Crippen LogP contribution in [-0.2, 0) is 17.8 Å².